The Morgan fingerprint density at radius 1 is 0.944 bits per heavy atom. The average molecular weight is 501 g/mol. The van der Waals surface area contributed by atoms with Crippen molar-refractivity contribution in [1.29, 1.82) is 0 Å². The first kappa shape index (κ1) is 25.0. The molecule has 36 heavy (non-hydrogen) atoms. The lowest BCUT2D eigenvalue weighted by atomic mass is 10.0. The molecule has 1 aromatic heterocycles. The third-order valence-corrected chi connectivity index (χ3v) is 7.20. The molecule has 0 spiro atoms. The highest BCUT2D eigenvalue weighted by Crippen LogP contribution is 2.24. The van der Waals surface area contributed by atoms with Gasteiger partial charge in [0.1, 0.15) is 0 Å². The van der Waals surface area contributed by atoms with Crippen molar-refractivity contribution in [3.63, 3.8) is 0 Å². The van der Waals surface area contributed by atoms with E-state index in [4.69, 9.17) is 5.73 Å². The third-order valence-electron chi connectivity index (χ3n) is 5.55. The quantitative estimate of drug-likeness (QED) is 0.270. The van der Waals surface area contributed by atoms with Gasteiger partial charge in [-0.05, 0) is 72.8 Å². The van der Waals surface area contributed by atoms with Gasteiger partial charge in [-0.25, -0.2) is 12.4 Å². The van der Waals surface area contributed by atoms with Gasteiger partial charge in [0.15, 0.2) is 0 Å². The maximum Gasteiger partial charge on any atom is 0.267 e. The summed E-state index contributed by atoms with van der Waals surface area (Å²) in [4.78, 5) is 14.5. The van der Waals surface area contributed by atoms with Crippen LogP contribution in [0.4, 0.5) is 11.4 Å². The highest BCUT2D eigenvalue weighted by molar-refractivity contribution is 7.90. The number of hydrogen-bond donors (Lipinski definition) is 2. The number of para-hydroxylation sites is 2. The first-order valence-corrected chi connectivity index (χ1v) is 12.8. The van der Waals surface area contributed by atoms with Crippen molar-refractivity contribution in [3.05, 3.63) is 108 Å². The molecule has 4 aromatic rings. The van der Waals surface area contributed by atoms with Crippen molar-refractivity contribution in [2.45, 2.75) is 11.4 Å². The van der Waals surface area contributed by atoms with Crippen LogP contribution in [-0.4, -0.2) is 37.3 Å². The van der Waals surface area contributed by atoms with E-state index in [-0.39, 0.29) is 10.8 Å². The van der Waals surface area contributed by atoms with Gasteiger partial charge >= 0.3 is 0 Å². The molecule has 0 aliphatic rings. The summed E-state index contributed by atoms with van der Waals surface area (Å²) in [5.41, 5.74) is 10.6. The van der Waals surface area contributed by atoms with E-state index in [9.17, 15) is 13.2 Å². The van der Waals surface area contributed by atoms with Crippen LogP contribution in [0.25, 0.3) is 17.2 Å². The number of rotatable bonds is 8. The van der Waals surface area contributed by atoms with Crippen LogP contribution in [0.2, 0.25) is 0 Å². The molecule has 4 rings (SSSR count). The summed E-state index contributed by atoms with van der Waals surface area (Å²) in [6.45, 7) is 0.859. The lowest BCUT2D eigenvalue weighted by Crippen LogP contribution is -2.11. The molecule has 0 fully saturated rings. The standard InChI is InChI=1S/C28H28N4O3S/c1-31(2)19-21-7-10-23(11-8-21)24-12-14-25(15-13-24)36(34,35)32-18-17-22(20-32)9-16-28(33)30-27-6-4-3-5-26(27)29/h3-18,20H,19,29H2,1-2H3,(H,30,33)/b16-9+. The van der Waals surface area contributed by atoms with Crippen molar-refractivity contribution < 1.29 is 13.2 Å². The molecule has 0 atom stereocenters. The third kappa shape index (κ3) is 5.91. The number of carbonyl (C=O) groups is 1. The summed E-state index contributed by atoms with van der Waals surface area (Å²) in [5, 5.41) is 2.70. The van der Waals surface area contributed by atoms with E-state index in [0.717, 1.165) is 21.6 Å². The van der Waals surface area contributed by atoms with Crippen molar-refractivity contribution in [1.82, 2.24) is 8.87 Å². The number of amides is 1. The smallest absolute Gasteiger partial charge is 0.267 e. The Kier molecular flexibility index (Phi) is 7.38. The Bertz CT molecular complexity index is 1490. The number of carbonyl (C=O) groups excluding carboxylic acids is 1. The Labute approximate surface area is 211 Å². The molecule has 3 N–H and O–H groups in total. The zero-order valence-electron chi connectivity index (χ0n) is 20.1. The van der Waals surface area contributed by atoms with Crippen molar-refractivity contribution in [3.8, 4) is 11.1 Å². The minimum Gasteiger partial charge on any atom is -0.397 e. The number of aromatic nitrogens is 1. The summed E-state index contributed by atoms with van der Waals surface area (Å²) in [6.07, 6.45) is 5.80. The van der Waals surface area contributed by atoms with Crippen molar-refractivity contribution >= 4 is 33.4 Å². The van der Waals surface area contributed by atoms with Gasteiger partial charge in [0.05, 0.1) is 16.3 Å². The second kappa shape index (κ2) is 10.6. The molecule has 1 heterocycles. The second-order valence-corrected chi connectivity index (χ2v) is 10.5. The van der Waals surface area contributed by atoms with Gasteiger partial charge < -0.3 is 16.0 Å². The van der Waals surface area contributed by atoms with E-state index in [0.29, 0.717) is 16.9 Å². The van der Waals surface area contributed by atoms with Crippen LogP contribution in [0, 0.1) is 0 Å². The Hall–Kier alpha value is -4.14. The van der Waals surface area contributed by atoms with Crippen LogP contribution < -0.4 is 11.1 Å². The highest BCUT2D eigenvalue weighted by Gasteiger charge is 2.16. The van der Waals surface area contributed by atoms with E-state index in [1.54, 1.807) is 60.7 Å². The molecular formula is C28H28N4O3S. The molecule has 0 saturated heterocycles. The Morgan fingerprint density at radius 2 is 1.58 bits per heavy atom. The lowest BCUT2D eigenvalue weighted by Gasteiger charge is -2.10. The maximum absolute atomic E-state index is 13.1. The van der Waals surface area contributed by atoms with Crippen LogP contribution >= 0.6 is 0 Å². The Balaban J connectivity index is 1.45. The SMILES string of the molecule is CN(C)Cc1ccc(-c2ccc(S(=O)(=O)n3ccc(/C=C/C(=O)Nc4ccccc4N)c3)cc2)cc1. The van der Waals surface area contributed by atoms with E-state index < -0.39 is 10.0 Å². The second-order valence-electron chi connectivity index (χ2n) is 8.65. The fraction of sp³-hybridized carbons (Fsp3) is 0.107. The largest absolute Gasteiger partial charge is 0.397 e. The minimum atomic E-state index is -3.77. The molecule has 3 aromatic carbocycles. The van der Waals surface area contributed by atoms with Crippen molar-refractivity contribution in [2.24, 2.45) is 0 Å². The van der Waals surface area contributed by atoms with E-state index in [1.807, 2.05) is 26.2 Å². The molecular weight excluding hydrogens is 472 g/mol. The number of benzene rings is 3. The summed E-state index contributed by atoms with van der Waals surface area (Å²) in [6, 6.07) is 23.6. The predicted octanol–water partition coefficient (Wildman–Crippen LogP) is 4.69. The predicted molar refractivity (Wildman–Crippen MR) is 145 cm³/mol. The molecule has 0 radical (unpaired) electrons. The van der Waals surface area contributed by atoms with Crippen LogP contribution in [0.1, 0.15) is 11.1 Å². The highest BCUT2D eigenvalue weighted by atomic mass is 32.2. The van der Waals surface area contributed by atoms with Crippen LogP contribution in [-0.2, 0) is 21.4 Å². The van der Waals surface area contributed by atoms with Gasteiger partial charge in [-0.3, -0.25) is 4.79 Å². The summed E-state index contributed by atoms with van der Waals surface area (Å²) in [7, 11) is 0.279. The zero-order chi connectivity index (χ0) is 25.7. The van der Waals surface area contributed by atoms with Gasteiger partial charge in [0, 0.05) is 25.0 Å². The summed E-state index contributed by atoms with van der Waals surface area (Å²) >= 11 is 0. The maximum atomic E-state index is 13.1. The van der Waals surface area contributed by atoms with Crippen LogP contribution in [0.15, 0.2) is 102 Å². The number of nitrogens with one attached hydrogen (secondary N) is 1. The molecule has 0 aliphatic carbocycles. The lowest BCUT2D eigenvalue weighted by molar-refractivity contribution is -0.111. The van der Waals surface area contributed by atoms with E-state index >= 15 is 0 Å². The minimum absolute atomic E-state index is 0.180. The average Bonchev–Trinajstić information content (AvgIpc) is 3.35. The van der Waals surface area contributed by atoms with E-state index in [2.05, 4.69) is 22.3 Å². The fourth-order valence-electron chi connectivity index (χ4n) is 3.71. The Morgan fingerprint density at radius 3 is 2.22 bits per heavy atom. The van der Waals surface area contributed by atoms with Gasteiger partial charge in [0.25, 0.3) is 10.0 Å². The molecule has 184 valence electrons. The first-order chi connectivity index (χ1) is 17.2. The zero-order valence-corrected chi connectivity index (χ0v) is 20.9. The van der Waals surface area contributed by atoms with Gasteiger partial charge in [0.2, 0.25) is 5.91 Å². The normalized spacial score (nSPS) is 11.8. The fourth-order valence-corrected chi connectivity index (χ4v) is 4.91. The van der Waals surface area contributed by atoms with Crippen molar-refractivity contribution in [2.75, 3.05) is 25.1 Å². The molecule has 0 bridgehead atoms. The topological polar surface area (TPSA) is 97.4 Å². The summed E-state index contributed by atoms with van der Waals surface area (Å²) < 4.78 is 27.3. The molecule has 0 saturated carbocycles. The van der Waals surface area contributed by atoms with Gasteiger partial charge in [-0.2, -0.15) is 0 Å². The van der Waals surface area contributed by atoms with Gasteiger partial charge in [-0.1, -0.05) is 48.5 Å². The summed E-state index contributed by atoms with van der Waals surface area (Å²) in [5.74, 6) is -0.367. The van der Waals surface area contributed by atoms with Crippen LogP contribution in [0.3, 0.4) is 0 Å². The molecule has 0 unspecified atom stereocenters. The molecule has 1 amide bonds. The number of hydrogen-bond acceptors (Lipinski definition) is 5. The molecule has 7 nitrogen and oxygen atoms in total. The number of nitrogens with two attached hydrogens (primary N) is 1. The molecule has 0 aliphatic heterocycles. The van der Waals surface area contributed by atoms with Crippen LogP contribution in [0.5, 0.6) is 0 Å². The monoisotopic (exact) mass is 500 g/mol. The number of nitrogens with zero attached hydrogens (tertiary/aromatic N) is 2. The van der Waals surface area contributed by atoms with E-state index in [1.165, 1.54) is 24.0 Å². The van der Waals surface area contributed by atoms with Gasteiger partial charge in [-0.15, -0.1) is 0 Å². The number of nitrogen functional groups attached to an aromatic ring is 1. The first-order valence-electron chi connectivity index (χ1n) is 11.3. The number of anilines is 2. The molecule has 8 heteroatoms.